The number of carbonyl (C=O) groups excluding carboxylic acids is 2. The van der Waals surface area contributed by atoms with Crippen molar-refractivity contribution >= 4 is 11.8 Å². The summed E-state index contributed by atoms with van der Waals surface area (Å²) in [5, 5.41) is 3.31. The lowest BCUT2D eigenvalue weighted by Gasteiger charge is -2.24. The monoisotopic (exact) mass is 239 g/mol. The SMILES string of the molecule is NC(=O)C1CCN(C(=O)CC2CCCNC2)C1. The highest BCUT2D eigenvalue weighted by molar-refractivity contribution is 5.81. The van der Waals surface area contributed by atoms with Crippen LogP contribution in [0.3, 0.4) is 0 Å². The summed E-state index contributed by atoms with van der Waals surface area (Å²) in [6.07, 6.45) is 3.62. The van der Waals surface area contributed by atoms with Gasteiger partial charge in [0.05, 0.1) is 5.92 Å². The Hall–Kier alpha value is -1.10. The molecule has 0 aromatic carbocycles. The first-order valence-corrected chi connectivity index (χ1v) is 6.44. The van der Waals surface area contributed by atoms with Crippen LogP contribution in [0.5, 0.6) is 0 Å². The molecule has 3 N–H and O–H groups in total. The molecule has 0 aromatic rings. The van der Waals surface area contributed by atoms with Gasteiger partial charge in [-0.05, 0) is 38.3 Å². The van der Waals surface area contributed by atoms with Crippen molar-refractivity contribution in [1.29, 1.82) is 0 Å². The van der Waals surface area contributed by atoms with Crippen molar-refractivity contribution in [1.82, 2.24) is 10.2 Å². The Kier molecular flexibility index (Phi) is 3.99. The lowest BCUT2D eigenvalue weighted by molar-refractivity contribution is -0.131. The van der Waals surface area contributed by atoms with Crippen LogP contribution in [0.25, 0.3) is 0 Å². The molecule has 2 aliphatic heterocycles. The number of primary amides is 1. The number of amides is 2. The number of hydrogen-bond donors (Lipinski definition) is 2. The molecule has 5 heteroatoms. The predicted octanol–water partition coefficient (Wildman–Crippen LogP) is -0.290. The van der Waals surface area contributed by atoms with Gasteiger partial charge in [-0.15, -0.1) is 0 Å². The molecule has 2 atom stereocenters. The maximum atomic E-state index is 12.0. The number of nitrogens with one attached hydrogen (secondary N) is 1. The van der Waals surface area contributed by atoms with Crippen molar-refractivity contribution in [2.24, 2.45) is 17.6 Å². The maximum absolute atomic E-state index is 12.0. The molecule has 2 unspecified atom stereocenters. The second-order valence-electron chi connectivity index (χ2n) is 5.14. The standard InChI is InChI=1S/C12H21N3O2/c13-12(17)10-3-5-15(8-10)11(16)6-9-2-1-4-14-7-9/h9-10,14H,1-8H2,(H2,13,17). The van der Waals surface area contributed by atoms with E-state index < -0.39 is 0 Å². The topological polar surface area (TPSA) is 75.4 Å². The van der Waals surface area contributed by atoms with Crippen LogP contribution in [0, 0.1) is 11.8 Å². The van der Waals surface area contributed by atoms with Gasteiger partial charge in [0, 0.05) is 19.5 Å². The third kappa shape index (κ3) is 3.19. The maximum Gasteiger partial charge on any atom is 0.222 e. The molecule has 2 fully saturated rings. The zero-order valence-electron chi connectivity index (χ0n) is 10.2. The van der Waals surface area contributed by atoms with E-state index in [1.165, 1.54) is 0 Å². The lowest BCUT2D eigenvalue weighted by Crippen LogP contribution is -2.36. The first-order chi connectivity index (χ1) is 8.16. The molecule has 0 bridgehead atoms. The molecule has 0 aromatic heterocycles. The molecular formula is C12H21N3O2. The van der Waals surface area contributed by atoms with Crippen LogP contribution >= 0.6 is 0 Å². The number of nitrogens with zero attached hydrogens (tertiary/aromatic N) is 1. The summed E-state index contributed by atoms with van der Waals surface area (Å²) in [4.78, 5) is 24.9. The molecule has 17 heavy (non-hydrogen) atoms. The zero-order valence-corrected chi connectivity index (χ0v) is 10.2. The average molecular weight is 239 g/mol. The van der Waals surface area contributed by atoms with Gasteiger partial charge in [0.15, 0.2) is 0 Å². The fourth-order valence-electron chi connectivity index (χ4n) is 2.69. The van der Waals surface area contributed by atoms with Gasteiger partial charge in [-0.2, -0.15) is 0 Å². The zero-order chi connectivity index (χ0) is 12.3. The van der Waals surface area contributed by atoms with E-state index in [2.05, 4.69) is 5.32 Å². The first kappa shape index (κ1) is 12.4. The molecule has 2 heterocycles. The normalized spacial score (nSPS) is 29.3. The van der Waals surface area contributed by atoms with Crippen LogP contribution in [-0.2, 0) is 9.59 Å². The van der Waals surface area contributed by atoms with E-state index in [0.717, 1.165) is 32.4 Å². The molecule has 2 amide bonds. The lowest BCUT2D eigenvalue weighted by atomic mass is 9.96. The third-order valence-electron chi connectivity index (χ3n) is 3.81. The smallest absolute Gasteiger partial charge is 0.222 e. The summed E-state index contributed by atoms with van der Waals surface area (Å²) in [5.41, 5.74) is 5.26. The van der Waals surface area contributed by atoms with Gasteiger partial charge in [-0.3, -0.25) is 9.59 Å². The molecule has 2 saturated heterocycles. The van der Waals surface area contributed by atoms with Crippen molar-refractivity contribution in [2.75, 3.05) is 26.2 Å². The number of likely N-dealkylation sites (tertiary alicyclic amines) is 1. The van der Waals surface area contributed by atoms with Gasteiger partial charge in [-0.1, -0.05) is 0 Å². The highest BCUT2D eigenvalue weighted by Gasteiger charge is 2.30. The minimum absolute atomic E-state index is 0.136. The summed E-state index contributed by atoms with van der Waals surface area (Å²) in [7, 11) is 0. The summed E-state index contributed by atoms with van der Waals surface area (Å²) in [6.45, 7) is 3.22. The Morgan fingerprint density at radius 3 is 2.76 bits per heavy atom. The molecule has 0 radical (unpaired) electrons. The molecule has 96 valence electrons. The largest absolute Gasteiger partial charge is 0.369 e. The van der Waals surface area contributed by atoms with Gasteiger partial charge >= 0.3 is 0 Å². The van der Waals surface area contributed by atoms with Crippen LogP contribution in [0.1, 0.15) is 25.7 Å². The van der Waals surface area contributed by atoms with Crippen LogP contribution in [-0.4, -0.2) is 42.9 Å². The van der Waals surface area contributed by atoms with Gasteiger partial charge < -0.3 is 16.0 Å². The summed E-state index contributed by atoms with van der Waals surface area (Å²) in [6, 6.07) is 0. The quantitative estimate of drug-likeness (QED) is 0.710. The third-order valence-corrected chi connectivity index (χ3v) is 3.81. The van der Waals surface area contributed by atoms with Crippen LogP contribution in [0.2, 0.25) is 0 Å². The van der Waals surface area contributed by atoms with Crippen molar-refractivity contribution in [3.8, 4) is 0 Å². The Bertz CT molecular complexity index is 300. The Morgan fingerprint density at radius 1 is 1.35 bits per heavy atom. The highest BCUT2D eigenvalue weighted by Crippen LogP contribution is 2.20. The molecule has 0 spiro atoms. The highest BCUT2D eigenvalue weighted by atomic mass is 16.2. The summed E-state index contributed by atoms with van der Waals surface area (Å²) < 4.78 is 0. The number of rotatable bonds is 3. The molecule has 2 rings (SSSR count). The molecular weight excluding hydrogens is 218 g/mol. The van der Waals surface area contributed by atoms with E-state index in [-0.39, 0.29) is 17.7 Å². The van der Waals surface area contributed by atoms with Crippen molar-refractivity contribution in [2.45, 2.75) is 25.7 Å². The van der Waals surface area contributed by atoms with E-state index in [1.54, 1.807) is 4.90 Å². The number of hydrogen-bond acceptors (Lipinski definition) is 3. The number of carbonyl (C=O) groups is 2. The average Bonchev–Trinajstić information content (AvgIpc) is 2.79. The van der Waals surface area contributed by atoms with Crippen LogP contribution in [0.4, 0.5) is 0 Å². The van der Waals surface area contributed by atoms with Crippen molar-refractivity contribution < 1.29 is 9.59 Å². The van der Waals surface area contributed by atoms with E-state index >= 15 is 0 Å². The minimum Gasteiger partial charge on any atom is -0.369 e. The van der Waals surface area contributed by atoms with E-state index in [0.29, 0.717) is 25.4 Å². The molecule has 2 aliphatic rings. The predicted molar refractivity (Wildman–Crippen MR) is 64.1 cm³/mol. The van der Waals surface area contributed by atoms with Crippen molar-refractivity contribution in [3.63, 3.8) is 0 Å². The minimum atomic E-state index is -0.278. The van der Waals surface area contributed by atoms with E-state index in [1.807, 2.05) is 0 Å². The van der Waals surface area contributed by atoms with E-state index in [4.69, 9.17) is 5.73 Å². The van der Waals surface area contributed by atoms with Gasteiger partial charge in [0.2, 0.25) is 11.8 Å². The van der Waals surface area contributed by atoms with E-state index in [9.17, 15) is 9.59 Å². The molecule has 0 aliphatic carbocycles. The Labute approximate surface area is 102 Å². The number of piperidine rings is 1. The van der Waals surface area contributed by atoms with Crippen LogP contribution < -0.4 is 11.1 Å². The van der Waals surface area contributed by atoms with Gasteiger partial charge in [-0.25, -0.2) is 0 Å². The first-order valence-electron chi connectivity index (χ1n) is 6.44. The Morgan fingerprint density at radius 2 is 2.18 bits per heavy atom. The Balaban J connectivity index is 1.78. The fourth-order valence-corrected chi connectivity index (χ4v) is 2.69. The second-order valence-corrected chi connectivity index (χ2v) is 5.14. The van der Waals surface area contributed by atoms with Gasteiger partial charge in [0.25, 0.3) is 0 Å². The summed E-state index contributed by atoms with van der Waals surface area (Å²) >= 11 is 0. The molecule has 5 nitrogen and oxygen atoms in total. The fraction of sp³-hybridized carbons (Fsp3) is 0.833. The molecule has 0 saturated carbocycles. The van der Waals surface area contributed by atoms with Crippen molar-refractivity contribution in [3.05, 3.63) is 0 Å². The second kappa shape index (κ2) is 5.49. The summed E-state index contributed by atoms with van der Waals surface area (Å²) in [5.74, 6) is 0.231. The number of nitrogens with two attached hydrogens (primary N) is 1. The van der Waals surface area contributed by atoms with Crippen LogP contribution in [0.15, 0.2) is 0 Å². The van der Waals surface area contributed by atoms with Gasteiger partial charge in [0.1, 0.15) is 0 Å².